The summed E-state index contributed by atoms with van der Waals surface area (Å²) in [6.07, 6.45) is 9.52. The smallest absolute Gasteiger partial charge is 0.318 e. The fourth-order valence-electron chi connectivity index (χ4n) is 8.82. The predicted octanol–water partition coefficient (Wildman–Crippen LogP) is 5.09. The van der Waals surface area contributed by atoms with Gasteiger partial charge in [-0.2, -0.15) is 9.97 Å². The second-order valence-electron chi connectivity index (χ2n) is 13.3. The molecule has 1 aromatic heterocycles. The van der Waals surface area contributed by atoms with Gasteiger partial charge < -0.3 is 19.9 Å². The lowest BCUT2D eigenvalue weighted by Crippen LogP contribution is -2.52. The molecule has 3 aromatic rings. The van der Waals surface area contributed by atoms with Crippen LogP contribution in [0.25, 0.3) is 10.8 Å². The summed E-state index contributed by atoms with van der Waals surface area (Å²) in [5.41, 5.74) is 5.39. The Morgan fingerprint density at radius 3 is 2.63 bits per heavy atom. The maximum absolute atomic E-state index is 6.63. The van der Waals surface area contributed by atoms with Gasteiger partial charge in [-0.25, -0.2) is 0 Å². The SMILES string of the molecule is CCc1cccc2cccc(N3CCc4c(nc(OCC56CCCN5C(C)CC6)nc4N4C[C@H]5CC[C@@H](C4)N5)C3)c12. The van der Waals surface area contributed by atoms with Gasteiger partial charge in [0.25, 0.3) is 0 Å². The van der Waals surface area contributed by atoms with Crippen molar-refractivity contribution >= 4 is 22.3 Å². The molecule has 2 bridgehead atoms. The fourth-order valence-corrected chi connectivity index (χ4v) is 8.82. The minimum absolute atomic E-state index is 0.165. The third kappa shape index (κ3) is 4.38. The molecule has 5 aliphatic rings. The largest absolute Gasteiger partial charge is 0.461 e. The average molecular weight is 553 g/mol. The molecule has 1 N–H and O–H groups in total. The summed E-state index contributed by atoms with van der Waals surface area (Å²) in [4.78, 5) is 18.2. The van der Waals surface area contributed by atoms with Gasteiger partial charge in [-0.15, -0.1) is 0 Å². The number of nitrogens with one attached hydrogen (secondary N) is 1. The molecule has 4 atom stereocenters. The monoisotopic (exact) mass is 552 g/mol. The van der Waals surface area contributed by atoms with E-state index in [1.54, 1.807) is 0 Å². The van der Waals surface area contributed by atoms with Crippen molar-refractivity contribution in [2.45, 2.75) is 95.4 Å². The molecular weight excluding hydrogens is 508 g/mol. The highest BCUT2D eigenvalue weighted by Crippen LogP contribution is 2.43. The summed E-state index contributed by atoms with van der Waals surface area (Å²) in [7, 11) is 0. The standard InChI is InChI=1S/C34H44N6O/c1-3-24-7-4-8-25-9-5-10-30(31(24)25)38-18-14-28-29(21-38)36-33(37-32(28)39-19-26-11-12-27(20-39)35-26)41-22-34-15-6-17-40(34)23(2)13-16-34/h4-5,7-10,23,26-27,35H,3,6,11-22H2,1-2H3/t23?,26-,27+,34?. The molecule has 4 saturated heterocycles. The van der Waals surface area contributed by atoms with E-state index in [0.717, 1.165) is 50.5 Å². The summed E-state index contributed by atoms with van der Waals surface area (Å²) in [6, 6.07) is 15.8. The molecule has 0 radical (unpaired) electrons. The molecule has 0 saturated carbocycles. The zero-order valence-electron chi connectivity index (χ0n) is 24.7. The first-order valence-corrected chi connectivity index (χ1v) is 16.2. The number of hydrogen-bond donors (Lipinski definition) is 1. The lowest BCUT2D eigenvalue weighted by atomic mass is 9.95. The first-order valence-electron chi connectivity index (χ1n) is 16.2. The van der Waals surface area contributed by atoms with Crippen molar-refractivity contribution in [1.82, 2.24) is 20.2 Å². The summed E-state index contributed by atoms with van der Waals surface area (Å²) in [5, 5.41) is 6.51. The number of hydrogen-bond acceptors (Lipinski definition) is 7. The molecule has 4 fully saturated rings. The number of anilines is 2. The van der Waals surface area contributed by atoms with Crippen LogP contribution in [0.5, 0.6) is 6.01 Å². The summed E-state index contributed by atoms with van der Waals surface area (Å²) < 4.78 is 6.63. The van der Waals surface area contributed by atoms with Crippen LogP contribution in [0, 0.1) is 0 Å². The van der Waals surface area contributed by atoms with Crippen LogP contribution in [0.4, 0.5) is 11.5 Å². The summed E-state index contributed by atoms with van der Waals surface area (Å²) in [5.74, 6) is 1.13. The zero-order valence-corrected chi connectivity index (χ0v) is 24.7. The number of aromatic nitrogens is 2. The molecule has 2 aromatic carbocycles. The number of rotatable bonds is 6. The minimum atomic E-state index is 0.165. The molecular formula is C34H44N6O. The van der Waals surface area contributed by atoms with Gasteiger partial charge in [-0.1, -0.05) is 37.3 Å². The van der Waals surface area contributed by atoms with Crippen molar-refractivity contribution in [3.63, 3.8) is 0 Å². The Morgan fingerprint density at radius 2 is 1.80 bits per heavy atom. The zero-order chi connectivity index (χ0) is 27.6. The maximum atomic E-state index is 6.63. The van der Waals surface area contributed by atoms with Crippen LogP contribution in [0.15, 0.2) is 36.4 Å². The van der Waals surface area contributed by atoms with Crippen molar-refractivity contribution in [1.29, 1.82) is 0 Å². The molecule has 41 heavy (non-hydrogen) atoms. The Labute approximate surface area is 244 Å². The van der Waals surface area contributed by atoms with Crippen LogP contribution in [-0.4, -0.2) is 71.3 Å². The highest BCUT2D eigenvalue weighted by Gasteiger charge is 2.48. The molecule has 7 heteroatoms. The van der Waals surface area contributed by atoms with Crippen molar-refractivity contribution in [2.75, 3.05) is 42.6 Å². The van der Waals surface area contributed by atoms with Gasteiger partial charge in [0.05, 0.1) is 17.8 Å². The van der Waals surface area contributed by atoms with Crippen LogP contribution >= 0.6 is 0 Å². The summed E-state index contributed by atoms with van der Waals surface area (Å²) in [6.45, 7) is 10.4. The van der Waals surface area contributed by atoms with Crippen LogP contribution in [-0.2, 0) is 19.4 Å². The van der Waals surface area contributed by atoms with Gasteiger partial charge >= 0.3 is 6.01 Å². The van der Waals surface area contributed by atoms with E-state index < -0.39 is 0 Å². The first-order chi connectivity index (χ1) is 20.1. The van der Waals surface area contributed by atoms with E-state index in [0.29, 0.717) is 30.7 Å². The van der Waals surface area contributed by atoms with Crippen LogP contribution in [0.2, 0.25) is 0 Å². The average Bonchev–Trinajstić information content (AvgIpc) is 3.68. The molecule has 0 aliphatic carbocycles. The third-order valence-electron chi connectivity index (χ3n) is 10.9. The van der Waals surface area contributed by atoms with Gasteiger partial charge in [0.2, 0.25) is 0 Å². The molecule has 6 heterocycles. The lowest BCUT2D eigenvalue weighted by Gasteiger charge is -2.38. The number of nitrogens with zero attached hydrogens (tertiary/aromatic N) is 5. The van der Waals surface area contributed by atoms with Crippen LogP contribution < -0.4 is 19.9 Å². The molecule has 7 nitrogen and oxygen atoms in total. The Hall–Kier alpha value is -2.90. The third-order valence-corrected chi connectivity index (χ3v) is 10.9. The first kappa shape index (κ1) is 25.8. The number of fused-ring (bicyclic) bond motifs is 5. The highest BCUT2D eigenvalue weighted by atomic mass is 16.5. The Bertz CT molecular complexity index is 1440. The van der Waals surface area contributed by atoms with E-state index in [1.165, 1.54) is 72.7 Å². The number of aryl methyl sites for hydroxylation is 1. The number of piperazine rings is 1. The van der Waals surface area contributed by atoms with E-state index in [1.807, 2.05) is 0 Å². The molecule has 0 amide bonds. The Balaban J connectivity index is 1.14. The van der Waals surface area contributed by atoms with E-state index in [-0.39, 0.29) is 5.54 Å². The van der Waals surface area contributed by atoms with Crippen molar-refractivity contribution in [3.05, 3.63) is 53.2 Å². The van der Waals surface area contributed by atoms with Gasteiger partial charge in [0.15, 0.2) is 0 Å². The van der Waals surface area contributed by atoms with Crippen molar-refractivity contribution < 1.29 is 4.74 Å². The molecule has 5 aliphatic heterocycles. The molecule has 2 unspecified atom stereocenters. The van der Waals surface area contributed by atoms with Gasteiger partial charge in [-0.3, -0.25) is 4.90 Å². The van der Waals surface area contributed by atoms with Crippen molar-refractivity contribution in [2.24, 2.45) is 0 Å². The predicted molar refractivity (Wildman–Crippen MR) is 165 cm³/mol. The second-order valence-corrected chi connectivity index (χ2v) is 13.3. The Kier molecular flexibility index (Phi) is 6.37. The number of benzene rings is 2. The topological polar surface area (TPSA) is 56.8 Å². The van der Waals surface area contributed by atoms with E-state index >= 15 is 0 Å². The molecule has 216 valence electrons. The van der Waals surface area contributed by atoms with Gasteiger partial charge in [0.1, 0.15) is 12.4 Å². The Morgan fingerprint density at radius 1 is 0.976 bits per heavy atom. The normalized spacial score (nSPS) is 29.3. The quantitative estimate of drug-likeness (QED) is 0.457. The lowest BCUT2D eigenvalue weighted by molar-refractivity contribution is 0.0885. The maximum Gasteiger partial charge on any atom is 0.318 e. The van der Waals surface area contributed by atoms with Gasteiger partial charge in [-0.05, 0) is 81.9 Å². The minimum Gasteiger partial charge on any atom is -0.461 e. The summed E-state index contributed by atoms with van der Waals surface area (Å²) >= 11 is 0. The van der Waals surface area contributed by atoms with Gasteiger partial charge in [0, 0.05) is 54.4 Å². The number of ether oxygens (including phenoxy) is 1. The van der Waals surface area contributed by atoms with E-state index in [4.69, 9.17) is 14.7 Å². The second kappa shape index (κ2) is 10.1. The molecule has 8 rings (SSSR count). The molecule has 0 spiro atoms. The fraction of sp³-hybridized carbons (Fsp3) is 0.588. The highest BCUT2D eigenvalue weighted by molar-refractivity contribution is 5.97. The van der Waals surface area contributed by atoms with Crippen LogP contribution in [0.1, 0.15) is 69.2 Å². The van der Waals surface area contributed by atoms with Crippen molar-refractivity contribution in [3.8, 4) is 6.01 Å². The van der Waals surface area contributed by atoms with E-state index in [9.17, 15) is 0 Å². The van der Waals surface area contributed by atoms with E-state index in [2.05, 4.69) is 70.3 Å². The van der Waals surface area contributed by atoms with Crippen LogP contribution in [0.3, 0.4) is 0 Å².